The number of rotatable bonds is 3. The van der Waals surface area contributed by atoms with Crippen LogP contribution < -0.4 is 0 Å². The van der Waals surface area contributed by atoms with Crippen molar-refractivity contribution >= 4 is 23.4 Å². The number of nitrogens with one attached hydrogen (secondary N) is 1. The number of aromatic nitrogens is 3. The standard InChI is InChI=1S/C11H9ClF3N3S/c1-6(9-2-3-17-18-9)19-10-8(12)4-7(5-16-10)11(13,14)15/h2-6H,1H3,(H,17,18). The van der Waals surface area contributed by atoms with Crippen LogP contribution in [-0.2, 0) is 6.18 Å². The molecule has 0 radical (unpaired) electrons. The first-order valence-corrected chi connectivity index (χ1v) is 6.52. The van der Waals surface area contributed by atoms with E-state index >= 15 is 0 Å². The molecule has 19 heavy (non-hydrogen) atoms. The minimum absolute atomic E-state index is 0.00816. The number of aromatic amines is 1. The molecule has 0 bridgehead atoms. The molecule has 2 aromatic rings. The summed E-state index contributed by atoms with van der Waals surface area (Å²) in [6.45, 7) is 1.88. The molecule has 3 nitrogen and oxygen atoms in total. The fourth-order valence-corrected chi connectivity index (χ4v) is 2.57. The highest BCUT2D eigenvalue weighted by molar-refractivity contribution is 7.99. The molecule has 0 aromatic carbocycles. The summed E-state index contributed by atoms with van der Waals surface area (Å²) in [7, 11) is 0. The monoisotopic (exact) mass is 307 g/mol. The zero-order valence-corrected chi connectivity index (χ0v) is 11.3. The Labute approximate surface area is 116 Å². The Morgan fingerprint density at radius 2 is 2.16 bits per heavy atom. The van der Waals surface area contributed by atoms with Crippen LogP contribution >= 0.6 is 23.4 Å². The van der Waals surface area contributed by atoms with E-state index in [2.05, 4.69) is 15.2 Å². The molecule has 0 spiro atoms. The van der Waals surface area contributed by atoms with E-state index in [1.54, 1.807) is 12.3 Å². The summed E-state index contributed by atoms with van der Waals surface area (Å²) in [6, 6.07) is 2.67. The zero-order valence-electron chi connectivity index (χ0n) is 9.70. The molecule has 2 aromatic heterocycles. The molecule has 1 atom stereocenters. The van der Waals surface area contributed by atoms with Gasteiger partial charge in [0.1, 0.15) is 5.03 Å². The van der Waals surface area contributed by atoms with Crippen LogP contribution in [0, 0.1) is 0 Å². The summed E-state index contributed by atoms with van der Waals surface area (Å²) < 4.78 is 37.4. The van der Waals surface area contributed by atoms with Gasteiger partial charge in [-0.3, -0.25) is 5.10 Å². The lowest BCUT2D eigenvalue weighted by Crippen LogP contribution is -2.05. The Kier molecular flexibility index (Phi) is 4.05. The minimum atomic E-state index is -4.44. The zero-order chi connectivity index (χ0) is 14.0. The molecular weight excluding hydrogens is 299 g/mol. The first-order chi connectivity index (χ1) is 8.88. The van der Waals surface area contributed by atoms with Crippen molar-refractivity contribution in [3.05, 3.63) is 40.8 Å². The van der Waals surface area contributed by atoms with Crippen LogP contribution in [0.1, 0.15) is 23.4 Å². The van der Waals surface area contributed by atoms with Crippen molar-refractivity contribution in [1.29, 1.82) is 0 Å². The van der Waals surface area contributed by atoms with Gasteiger partial charge in [0.15, 0.2) is 0 Å². The molecule has 0 amide bonds. The number of alkyl halides is 3. The summed E-state index contributed by atoms with van der Waals surface area (Å²) >= 11 is 7.10. The quantitative estimate of drug-likeness (QED) is 0.858. The molecule has 0 aliphatic carbocycles. The average molecular weight is 308 g/mol. The average Bonchev–Trinajstić information content (AvgIpc) is 2.84. The number of nitrogens with zero attached hydrogens (tertiary/aromatic N) is 2. The van der Waals surface area contributed by atoms with Gasteiger partial charge in [-0.2, -0.15) is 18.3 Å². The highest BCUT2D eigenvalue weighted by Crippen LogP contribution is 2.38. The van der Waals surface area contributed by atoms with Crippen LogP contribution in [0.4, 0.5) is 13.2 Å². The fraction of sp³-hybridized carbons (Fsp3) is 0.273. The second kappa shape index (κ2) is 5.42. The summed E-state index contributed by atoms with van der Waals surface area (Å²) in [6.07, 6.45) is -2.04. The van der Waals surface area contributed by atoms with Crippen molar-refractivity contribution < 1.29 is 13.2 Å². The molecule has 1 N–H and O–H groups in total. The predicted molar refractivity (Wildman–Crippen MR) is 67.1 cm³/mol. The van der Waals surface area contributed by atoms with Crippen molar-refractivity contribution in [2.45, 2.75) is 23.4 Å². The van der Waals surface area contributed by atoms with Gasteiger partial charge < -0.3 is 0 Å². The number of hydrogen-bond donors (Lipinski definition) is 1. The van der Waals surface area contributed by atoms with Gasteiger partial charge in [0, 0.05) is 23.3 Å². The first kappa shape index (κ1) is 14.2. The van der Waals surface area contributed by atoms with Crippen molar-refractivity contribution in [2.75, 3.05) is 0 Å². The molecule has 8 heteroatoms. The molecule has 0 saturated heterocycles. The van der Waals surface area contributed by atoms with Crippen LogP contribution in [0.15, 0.2) is 29.6 Å². The highest BCUT2D eigenvalue weighted by atomic mass is 35.5. The number of halogens is 4. The van der Waals surface area contributed by atoms with E-state index in [0.717, 1.165) is 18.0 Å². The van der Waals surface area contributed by atoms with Gasteiger partial charge in [-0.05, 0) is 19.1 Å². The highest BCUT2D eigenvalue weighted by Gasteiger charge is 2.31. The van der Waals surface area contributed by atoms with Crippen LogP contribution in [0.3, 0.4) is 0 Å². The first-order valence-electron chi connectivity index (χ1n) is 5.26. The van der Waals surface area contributed by atoms with E-state index in [-0.39, 0.29) is 10.3 Å². The van der Waals surface area contributed by atoms with Gasteiger partial charge in [0.25, 0.3) is 0 Å². The second-order valence-electron chi connectivity index (χ2n) is 3.78. The van der Waals surface area contributed by atoms with Gasteiger partial charge in [-0.1, -0.05) is 23.4 Å². The third-order valence-electron chi connectivity index (χ3n) is 2.38. The molecular formula is C11H9ClF3N3S. The summed E-state index contributed by atoms with van der Waals surface area (Å²) in [4.78, 5) is 3.77. The van der Waals surface area contributed by atoms with Gasteiger partial charge in [0.05, 0.1) is 10.6 Å². The molecule has 2 heterocycles. The summed E-state index contributed by atoms with van der Waals surface area (Å²) in [5.41, 5.74) is -0.00110. The lowest BCUT2D eigenvalue weighted by Gasteiger charge is -2.11. The Morgan fingerprint density at radius 1 is 1.42 bits per heavy atom. The Balaban J connectivity index is 2.18. The topological polar surface area (TPSA) is 41.6 Å². The third kappa shape index (κ3) is 3.42. The maximum Gasteiger partial charge on any atom is 0.417 e. The van der Waals surface area contributed by atoms with Crippen molar-refractivity contribution in [2.24, 2.45) is 0 Å². The van der Waals surface area contributed by atoms with Gasteiger partial charge in [0.2, 0.25) is 0 Å². The SMILES string of the molecule is CC(Sc1ncc(C(F)(F)F)cc1Cl)c1ccn[nH]1. The molecule has 2 rings (SSSR count). The maximum absolute atomic E-state index is 12.5. The minimum Gasteiger partial charge on any atom is -0.281 e. The van der Waals surface area contributed by atoms with E-state index in [1.165, 1.54) is 11.8 Å². The summed E-state index contributed by atoms with van der Waals surface area (Å²) in [5, 5.41) is 6.92. The number of H-pyrrole nitrogens is 1. The van der Waals surface area contributed by atoms with Crippen LogP contribution in [0.5, 0.6) is 0 Å². The molecule has 1 unspecified atom stereocenters. The molecule has 0 aliphatic rings. The number of pyridine rings is 1. The van der Waals surface area contributed by atoms with Crippen LogP contribution in [0.25, 0.3) is 0 Å². The second-order valence-corrected chi connectivity index (χ2v) is 5.52. The third-order valence-corrected chi connectivity index (χ3v) is 3.94. The molecule has 102 valence electrons. The Morgan fingerprint density at radius 3 is 2.68 bits per heavy atom. The van der Waals surface area contributed by atoms with Gasteiger partial charge in [-0.15, -0.1) is 0 Å². The molecule has 0 fully saturated rings. The number of hydrogen-bond acceptors (Lipinski definition) is 3. The van der Waals surface area contributed by atoms with Crippen molar-refractivity contribution in [3.63, 3.8) is 0 Å². The summed E-state index contributed by atoms with van der Waals surface area (Å²) in [5.74, 6) is 0. The van der Waals surface area contributed by atoms with E-state index < -0.39 is 11.7 Å². The van der Waals surface area contributed by atoms with Gasteiger partial charge in [-0.25, -0.2) is 4.98 Å². The lowest BCUT2D eigenvalue weighted by molar-refractivity contribution is -0.137. The predicted octanol–water partition coefficient (Wildman–Crippen LogP) is 4.33. The van der Waals surface area contributed by atoms with E-state index in [1.807, 2.05) is 6.92 Å². The normalized spacial score (nSPS) is 13.5. The lowest BCUT2D eigenvalue weighted by atomic mass is 10.3. The largest absolute Gasteiger partial charge is 0.417 e. The van der Waals surface area contributed by atoms with Gasteiger partial charge >= 0.3 is 6.18 Å². The smallest absolute Gasteiger partial charge is 0.281 e. The Bertz CT molecular complexity index is 557. The van der Waals surface area contributed by atoms with Crippen molar-refractivity contribution in [1.82, 2.24) is 15.2 Å². The van der Waals surface area contributed by atoms with E-state index in [9.17, 15) is 13.2 Å². The molecule has 0 aliphatic heterocycles. The van der Waals surface area contributed by atoms with Crippen LogP contribution in [0.2, 0.25) is 5.02 Å². The van der Waals surface area contributed by atoms with E-state index in [4.69, 9.17) is 11.6 Å². The number of thioether (sulfide) groups is 1. The maximum atomic E-state index is 12.5. The molecule has 0 saturated carbocycles. The van der Waals surface area contributed by atoms with Crippen LogP contribution in [-0.4, -0.2) is 15.2 Å². The fourth-order valence-electron chi connectivity index (χ4n) is 1.39. The van der Waals surface area contributed by atoms with E-state index in [0.29, 0.717) is 5.03 Å². The Hall–Kier alpha value is -1.21. The van der Waals surface area contributed by atoms with Crippen molar-refractivity contribution in [3.8, 4) is 0 Å².